The number of hydrogen-bond donors (Lipinski definition) is 0. The lowest BCUT2D eigenvalue weighted by Crippen LogP contribution is -2.22. The van der Waals surface area contributed by atoms with Crippen molar-refractivity contribution in [2.75, 3.05) is 0 Å². The van der Waals surface area contributed by atoms with Crippen molar-refractivity contribution >= 4 is 12.2 Å². The molecule has 0 aliphatic heterocycles. The highest BCUT2D eigenvalue weighted by Gasteiger charge is 2.27. The fourth-order valence-electron chi connectivity index (χ4n) is 1.20. The summed E-state index contributed by atoms with van der Waals surface area (Å²) in [6.45, 7) is 0. The van der Waals surface area contributed by atoms with Crippen molar-refractivity contribution in [1.29, 1.82) is 0 Å². The van der Waals surface area contributed by atoms with Gasteiger partial charge >= 0.3 is 0 Å². The van der Waals surface area contributed by atoms with Gasteiger partial charge in [-0.2, -0.15) is 9.98 Å². The maximum absolute atomic E-state index is 10.0. The van der Waals surface area contributed by atoms with Gasteiger partial charge in [0.05, 0.1) is 0 Å². The van der Waals surface area contributed by atoms with Crippen molar-refractivity contribution in [2.24, 2.45) is 9.98 Å². The van der Waals surface area contributed by atoms with Gasteiger partial charge in [0.25, 0.3) is 0 Å². The molecule has 0 aromatic carbocycles. The van der Waals surface area contributed by atoms with Crippen LogP contribution in [0.4, 0.5) is 0 Å². The maximum Gasteiger partial charge on any atom is 0.237 e. The largest absolute Gasteiger partial charge is 0.237 e. The molecule has 0 amide bonds. The molecule has 0 saturated carbocycles. The highest BCUT2D eigenvalue weighted by molar-refractivity contribution is 5.41. The van der Waals surface area contributed by atoms with Crippen LogP contribution in [-0.4, -0.2) is 17.8 Å². The van der Waals surface area contributed by atoms with Gasteiger partial charge in [-0.25, -0.2) is 9.59 Å². The van der Waals surface area contributed by atoms with Gasteiger partial charge in [0.1, 0.15) is 0 Å². The lowest BCUT2D eigenvalue weighted by molar-refractivity contribution is 0.460. The molecule has 0 heterocycles. The molecule has 0 N–H and O–H groups in total. The standard InChI is InChI=1S/C8H8N2O2/c11-6-9-8(10-7-12)4-2-1-3-5-8/h2,4H,1,3,5H2. The van der Waals surface area contributed by atoms with E-state index in [1.165, 1.54) is 12.2 Å². The van der Waals surface area contributed by atoms with E-state index in [0.717, 1.165) is 12.8 Å². The van der Waals surface area contributed by atoms with E-state index >= 15 is 0 Å². The molecule has 4 heteroatoms. The summed E-state index contributed by atoms with van der Waals surface area (Å²) in [4.78, 5) is 27.0. The minimum atomic E-state index is -0.998. The summed E-state index contributed by atoms with van der Waals surface area (Å²) in [6.07, 6.45) is 8.71. The molecule has 0 unspecified atom stereocenters. The van der Waals surface area contributed by atoms with Crippen molar-refractivity contribution < 1.29 is 9.59 Å². The molecule has 0 radical (unpaired) electrons. The topological polar surface area (TPSA) is 58.9 Å². The second-order valence-corrected chi connectivity index (χ2v) is 2.58. The van der Waals surface area contributed by atoms with Crippen molar-refractivity contribution in [3.8, 4) is 0 Å². The predicted molar refractivity (Wildman–Crippen MR) is 42.0 cm³/mol. The van der Waals surface area contributed by atoms with Crippen molar-refractivity contribution in [2.45, 2.75) is 24.9 Å². The summed E-state index contributed by atoms with van der Waals surface area (Å²) >= 11 is 0. The zero-order chi connectivity index (χ0) is 8.86. The number of isocyanates is 2. The van der Waals surface area contributed by atoms with E-state index in [1.807, 2.05) is 6.08 Å². The second kappa shape index (κ2) is 3.77. The normalized spacial score (nSPS) is 27.0. The highest BCUT2D eigenvalue weighted by atomic mass is 16.1. The molecule has 0 bridgehead atoms. The molecule has 62 valence electrons. The van der Waals surface area contributed by atoms with E-state index in [4.69, 9.17) is 0 Å². The Morgan fingerprint density at radius 2 is 1.92 bits per heavy atom. The van der Waals surface area contributed by atoms with Crippen LogP contribution in [0.1, 0.15) is 19.3 Å². The molecule has 12 heavy (non-hydrogen) atoms. The summed E-state index contributed by atoms with van der Waals surface area (Å²) in [6, 6.07) is 0. The number of aliphatic imine (C=N–C) groups is 2. The Morgan fingerprint density at radius 3 is 2.33 bits per heavy atom. The van der Waals surface area contributed by atoms with E-state index < -0.39 is 5.66 Å². The molecule has 1 rings (SSSR count). The third-order valence-electron chi connectivity index (χ3n) is 1.78. The maximum atomic E-state index is 10.0. The first-order chi connectivity index (χ1) is 5.83. The molecule has 0 atom stereocenters. The third-order valence-corrected chi connectivity index (χ3v) is 1.78. The van der Waals surface area contributed by atoms with Crippen molar-refractivity contribution in [3.63, 3.8) is 0 Å². The van der Waals surface area contributed by atoms with Gasteiger partial charge in [0, 0.05) is 0 Å². The van der Waals surface area contributed by atoms with Gasteiger partial charge in [-0.1, -0.05) is 6.08 Å². The fourth-order valence-corrected chi connectivity index (χ4v) is 1.20. The molecule has 0 aromatic rings. The summed E-state index contributed by atoms with van der Waals surface area (Å²) in [5.41, 5.74) is -0.998. The first-order valence-electron chi connectivity index (χ1n) is 3.69. The van der Waals surface area contributed by atoms with E-state index in [9.17, 15) is 9.59 Å². The second-order valence-electron chi connectivity index (χ2n) is 2.58. The minimum absolute atomic E-state index is 0.577. The molecule has 0 aromatic heterocycles. The van der Waals surface area contributed by atoms with Gasteiger partial charge in [0.2, 0.25) is 12.2 Å². The number of hydrogen-bond acceptors (Lipinski definition) is 4. The van der Waals surface area contributed by atoms with E-state index in [0.29, 0.717) is 6.42 Å². The van der Waals surface area contributed by atoms with Gasteiger partial charge in [0.15, 0.2) is 5.66 Å². The summed E-state index contributed by atoms with van der Waals surface area (Å²) in [5.74, 6) is 0. The Hall–Kier alpha value is -1.50. The average Bonchev–Trinajstić information content (AvgIpc) is 2.07. The van der Waals surface area contributed by atoms with Gasteiger partial charge in [-0.05, 0) is 25.3 Å². The SMILES string of the molecule is O=C=NC1(N=C=O)C=CCCC1. The summed E-state index contributed by atoms with van der Waals surface area (Å²) in [5, 5.41) is 0. The van der Waals surface area contributed by atoms with Gasteiger partial charge in [-0.3, -0.25) is 0 Å². The van der Waals surface area contributed by atoms with Crippen molar-refractivity contribution in [1.82, 2.24) is 0 Å². The average molecular weight is 164 g/mol. The molecule has 0 spiro atoms. The Bertz CT molecular complexity index is 265. The van der Waals surface area contributed by atoms with Crippen LogP contribution < -0.4 is 0 Å². The third kappa shape index (κ3) is 1.76. The quantitative estimate of drug-likeness (QED) is 0.348. The monoisotopic (exact) mass is 164 g/mol. The molecule has 0 fully saturated rings. The zero-order valence-corrected chi connectivity index (χ0v) is 6.49. The highest BCUT2D eigenvalue weighted by Crippen LogP contribution is 2.26. The van der Waals surface area contributed by atoms with Crippen LogP contribution in [0.15, 0.2) is 22.1 Å². The summed E-state index contributed by atoms with van der Waals surface area (Å²) < 4.78 is 0. The number of rotatable bonds is 2. The van der Waals surface area contributed by atoms with Crippen LogP contribution >= 0.6 is 0 Å². The van der Waals surface area contributed by atoms with Gasteiger partial charge < -0.3 is 0 Å². The van der Waals surface area contributed by atoms with Gasteiger partial charge in [-0.15, -0.1) is 0 Å². The number of allylic oxidation sites excluding steroid dienone is 1. The lowest BCUT2D eigenvalue weighted by atomic mass is 9.97. The molecular weight excluding hydrogens is 156 g/mol. The van der Waals surface area contributed by atoms with E-state index in [1.54, 1.807) is 6.08 Å². The first kappa shape index (κ1) is 8.60. The number of carbonyl (C=O) groups excluding carboxylic acids is 2. The Kier molecular flexibility index (Phi) is 2.70. The molecule has 0 saturated heterocycles. The Labute approximate surface area is 69.7 Å². The fraction of sp³-hybridized carbons (Fsp3) is 0.500. The Morgan fingerprint density at radius 1 is 1.25 bits per heavy atom. The predicted octanol–water partition coefficient (Wildman–Crippen LogP) is 1.09. The zero-order valence-electron chi connectivity index (χ0n) is 6.49. The molecule has 1 aliphatic rings. The minimum Gasteiger partial charge on any atom is -0.211 e. The van der Waals surface area contributed by atoms with Crippen LogP contribution in [0.3, 0.4) is 0 Å². The lowest BCUT2D eigenvalue weighted by Gasteiger charge is -2.20. The van der Waals surface area contributed by atoms with E-state index in [2.05, 4.69) is 9.98 Å². The van der Waals surface area contributed by atoms with Crippen LogP contribution in [0.25, 0.3) is 0 Å². The molecular formula is C8H8N2O2. The van der Waals surface area contributed by atoms with Crippen LogP contribution in [0, 0.1) is 0 Å². The van der Waals surface area contributed by atoms with Crippen molar-refractivity contribution in [3.05, 3.63) is 12.2 Å². The Balaban J connectivity index is 2.99. The van der Waals surface area contributed by atoms with Crippen LogP contribution in [0.2, 0.25) is 0 Å². The van der Waals surface area contributed by atoms with Crippen LogP contribution in [0.5, 0.6) is 0 Å². The first-order valence-corrected chi connectivity index (χ1v) is 3.69. The molecule has 1 aliphatic carbocycles. The smallest absolute Gasteiger partial charge is 0.211 e. The molecule has 4 nitrogen and oxygen atoms in total. The van der Waals surface area contributed by atoms with E-state index in [-0.39, 0.29) is 0 Å². The number of nitrogens with zero attached hydrogens (tertiary/aromatic N) is 2. The summed E-state index contributed by atoms with van der Waals surface area (Å²) in [7, 11) is 0. The van der Waals surface area contributed by atoms with Crippen LogP contribution in [-0.2, 0) is 9.59 Å².